The number of piperidine rings is 1. The number of hydrogen-bond acceptors (Lipinski definition) is 4. The summed E-state index contributed by atoms with van der Waals surface area (Å²) < 4.78 is 35.2. The summed E-state index contributed by atoms with van der Waals surface area (Å²) >= 11 is 0. The van der Waals surface area contributed by atoms with Gasteiger partial charge in [-0.15, -0.1) is 0 Å². The van der Waals surface area contributed by atoms with Crippen molar-refractivity contribution in [2.45, 2.75) is 58.2 Å². The molecule has 0 bridgehead atoms. The Morgan fingerprint density at radius 1 is 1.08 bits per heavy atom. The molecule has 4 rings (SSSR count). The summed E-state index contributed by atoms with van der Waals surface area (Å²) in [5.74, 6) is -0.698. The highest BCUT2D eigenvalue weighted by Gasteiger charge is 2.30. The van der Waals surface area contributed by atoms with Crippen LogP contribution in [0.15, 0.2) is 54.7 Å². The standard InChI is InChI=1S/C29H36F2N4O2/c1-29(2,3)37-28(36)34-14-12-22(13-15-34)27-32-26(23-10-11-24(30)25(31)18-23)20-35(27)17-16-33(4)19-21-8-6-5-7-9-21/h5-11,18,20,22H,12-17,19H2,1-4H3. The van der Waals surface area contributed by atoms with E-state index in [0.29, 0.717) is 30.9 Å². The molecule has 0 saturated carbocycles. The molecule has 0 unspecified atom stereocenters. The smallest absolute Gasteiger partial charge is 0.410 e. The van der Waals surface area contributed by atoms with E-state index in [4.69, 9.17) is 9.72 Å². The summed E-state index contributed by atoms with van der Waals surface area (Å²) in [5.41, 5.74) is 1.87. The van der Waals surface area contributed by atoms with Crippen molar-refractivity contribution >= 4 is 6.09 Å². The molecule has 1 aliphatic rings. The SMILES string of the molecule is CN(CCn1cc(-c2ccc(F)c(F)c2)nc1C1CCN(C(=O)OC(C)(C)C)CC1)Cc1ccccc1. The van der Waals surface area contributed by atoms with Gasteiger partial charge in [0.15, 0.2) is 11.6 Å². The van der Waals surface area contributed by atoms with E-state index < -0.39 is 17.2 Å². The van der Waals surface area contributed by atoms with Gasteiger partial charge in [-0.3, -0.25) is 0 Å². The number of hydrogen-bond donors (Lipinski definition) is 0. The summed E-state index contributed by atoms with van der Waals surface area (Å²) in [5, 5.41) is 0. The van der Waals surface area contributed by atoms with Gasteiger partial charge in [0.1, 0.15) is 11.4 Å². The molecule has 1 saturated heterocycles. The fourth-order valence-electron chi connectivity index (χ4n) is 4.63. The van der Waals surface area contributed by atoms with Crippen molar-refractivity contribution in [2.24, 2.45) is 0 Å². The fourth-order valence-corrected chi connectivity index (χ4v) is 4.63. The van der Waals surface area contributed by atoms with Crippen molar-refractivity contribution in [1.82, 2.24) is 19.4 Å². The number of carbonyl (C=O) groups is 1. The molecule has 8 heteroatoms. The predicted octanol–water partition coefficient (Wildman–Crippen LogP) is 6.07. The normalized spacial score (nSPS) is 14.8. The largest absolute Gasteiger partial charge is 0.444 e. The Morgan fingerprint density at radius 3 is 2.43 bits per heavy atom. The van der Waals surface area contributed by atoms with Crippen LogP contribution < -0.4 is 0 Å². The minimum absolute atomic E-state index is 0.150. The second-order valence-corrected chi connectivity index (χ2v) is 10.8. The number of benzene rings is 2. The van der Waals surface area contributed by atoms with E-state index in [2.05, 4.69) is 28.6 Å². The summed E-state index contributed by atoms with van der Waals surface area (Å²) in [7, 11) is 2.08. The molecular formula is C29H36F2N4O2. The molecule has 1 fully saturated rings. The van der Waals surface area contributed by atoms with Crippen LogP contribution in [0.4, 0.5) is 13.6 Å². The van der Waals surface area contributed by atoms with E-state index in [1.165, 1.54) is 11.6 Å². The molecule has 0 aliphatic carbocycles. The summed E-state index contributed by atoms with van der Waals surface area (Å²) in [6.07, 6.45) is 3.15. The third kappa shape index (κ3) is 7.16. The fraction of sp³-hybridized carbons (Fsp3) is 0.448. The van der Waals surface area contributed by atoms with Crippen molar-refractivity contribution < 1.29 is 18.3 Å². The lowest BCUT2D eigenvalue weighted by Gasteiger charge is -2.33. The van der Waals surface area contributed by atoms with Crippen LogP contribution in [0.2, 0.25) is 0 Å². The Bertz CT molecular complexity index is 1200. The highest BCUT2D eigenvalue weighted by atomic mass is 19.2. The summed E-state index contributed by atoms with van der Waals surface area (Å²) in [6.45, 7) is 9.10. The average molecular weight is 511 g/mol. The van der Waals surface area contributed by atoms with Gasteiger partial charge in [0.2, 0.25) is 0 Å². The first-order valence-electron chi connectivity index (χ1n) is 12.8. The Kier molecular flexibility index (Phi) is 8.27. The molecule has 3 aromatic rings. The zero-order valence-corrected chi connectivity index (χ0v) is 22.1. The van der Waals surface area contributed by atoms with Gasteiger partial charge < -0.3 is 19.1 Å². The van der Waals surface area contributed by atoms with Gasteiger partial charge in [0, 0.05) is 50.4 Å². The molecule has 1 aromatic heterocycles. The van der Waals surface area contributed by atoms with Gasteiger partial charge in [-0.1, -0.05) is 30.3 Å². The van der Waals surface area contributed by atoms with Crippen LogP contribution in [-0.4, -0.2) is 57.7 Å². The second kappa shape index (κ2) is 11.4. The zero-order valence-electron chi connectivity index (χ0n) is 22.1. The second-order valence-electron chi connectivity index (χ2n) is 10.8. The third-order valence-electron chi connectivity index (χ3n) is 6.55. The number of carbonyl (C=O) groups excluding carboxylic acids is 1. The van der Waals surface area contributed by atoms with Crippen molar-refractivity contribution in [2.75, 3.05) is 26.7 Å². The predicted molar refractivity (Wildman–Crippen MR) is 140 cm³/mol. The number of likely N-dealkylation sites (N-methyl/N-ethyl adjacent to an activating group) is 1. The molecule has 1 amide bonds. The average Bonchev–Trinajstić information content (AvgIpc) is 3.28. The van der Waals surface area contributed by atoms with Gasteiger partial charge in [0.05, 0.1) is 5.69 Å². The lowest BCUT2D eigenvalue weighted by molar-refractivity contribution is 0.0202. The van der Waals surface area contributed by atoms with E-state index >= 15 is 0 Å². The first kappa shape index (κ1) is 26.8. The minimum atomic E-state index is -0.887. The number of nitrogens with zero attached hydrogens (tertiary/aromatic N) is 4. The van der Waals surface area contributed by atoms with Gasteiger partial charge >= 0.3 is 6.09 Å². The number of imidazole rings is 1. The molecule has 37 heavy (non-hydrogen) atoms. The first-order chi connectivity index (χ1) is 17.6. The van der Waals surface area contributed by atoms with E-state index in [9.17, 15) is 13.6 Å². The molecule has 198 valence electrons. The van der Waals surface area contributed by atoms with Crippen molar-refractivity contribution in [3.05, 3.63) is 77.8 Å². The van der Waals surface area contributed by atoms with E-state index in [1.807, 2.05) is 45.2 Å². The van der Waals surface area contributed by atoms with Crippen LogP contribution in [0, 0.1) is 11.6 Å². The van der Waals surface area contributed by atoms with Crippen LogP contribution in [0.5, 0.6) is 0 Å². The molecule has 0 N–H and O–H groups in total. The number of ether oxygens (including phenoxy) is 1. The van der Waals surface area contributed by atoms with E-state index in [1.54, 1.807) is 11.0 Å². The van der Waals surface area contributed by atoms with Crippen molar-refractivity contribution in [1.29, 1.82) is 0 Å². The lowest BCUT2D eigenvalue weighted by atomic mass is 9.96. The summed E-state index contributed by atoms with van der Waals surface area (Å²) in [6, 6.07) is 14.2. The third-order valence-corrected chi connectivity index (χ3v) is 6.55. The van der Waals surface area contributed by atoms with Crippen LogP contribution in [0.3, 0.4) is 0 Å². The monoisotopic (exact) mass is 510 g/mol. The first-order valence-corrected chi connectivity index (χ1v) is 12.8. The maximum absolute atomic E-state index is 14.0. The maximum atomic E-state index is 14.0. The Labute approximate surface area is 217 Å². The highest BCUT2D eigenvalue weighted by molar-refractivity contribution is 5.68. The lowest BCUT2D eigenvalue weighted by Crippen LogP contribution is -2.41. The van der Waals surface area contributed by atoms with E-state index in [0.717, 1.165) is 37.8 Å². The topological polar surface area (TPSA) is 50.6 Å². The number of rotatable bonds is 7. The molecule has 2 aromatic carbocycles. The van der Waals surface area contributed by atoms with Gasteiger partial charge in [0.25, 0.3) is 0 Å². The van der Waals surface area contributed by atoms with Crippen LogP contribution in [0.25, 0.3) is 11.3 Å². The van der Waals surface area contributed by atoms with Crippen molar-refractivity contribution in [3.63, 3.8) is 0 Å². The van der Waals surface area contributed by atoms with Crippen LogP contribution in [0.1, 0.15) is 50.9 Å². The molecule has 1 aliphatic heterocycles. The van der Waals surface area contributed by atoms with Gasteiger partial charge in [-0.25, -0.2) is 18.6 Å². The summed E-state index contributed by atoms with van der Waals surface area (Å²) in [4.78, 5) is 21.4. The highest BCUT2D eigenvalue weighted by Crippen LogP contribution is 2.31. The number of amides is 1. The molecule has 2 heterocycles. The Hall–Kier alpha value is -3.26. The van der Waals surface area contributed by atoms with E-state index in [-0.39, 0.29) is 12.0 Å². The minimum Gasteiger partial charge on any atom is -0.444 e. The number of aromatic nitrogens is 2. The Morgan fingerprint density at radius 2 is 1.78 bits per heavy atom. The quantitative estimate of drug-likeness (QED) is 0.387. The molecule has 0 radical (unpaired) electrons. The van der Waals surface area contributed by atoms with Crippen molar-refractivity contribution in [3.8, 4) is 11.3 Å². The van der Waals surface area contributed by atoms with Crippen LogP contribution in [-0.2, 0) is 17.8 Å². The molecule has 0 atom stereocenters. The number of likely N-dealkylation sites (tertiary alicyclic amines) is 1. The van der Waals surface area contributed by atoms with Gasteiger partial charge in [-0.05, 0) is 64.4 Å². The molecule has 6 nitrogen and oxygen atoms in total. The molecular weight excluding hydrogens is 474 g/mol. The molecule has 0 spiro atoms. The zero-order chi connectivity index (χ0) is 26.6. The van der Waals surface area contributed by atoms with Crippen LogP contribution >= 0.6 is 0 Å². The number of halogens is 2. The Balaban J connectivity index is 1.50. The maximum Gasteiger partial charge on any atom is 0.410 e. The van der Waals surface area contributed by atoms with Gasteiger partial charge in [-0.2, -0.15) is 0 Å².